The molecule has 1 N–H and O–H groups in total. The Kier molecular flexibility index (Phi) is 4.78. The predicted molar refractivity (Wildman–Crippen MR) is 83.6 cm³/mol. The summed E-state index contributed by atoms with van der Waals surface area (Å²) < 4.78 is 5.22. The highest BCUT2D eigenvalue weighted by Gasteiger charge is 2.07. The standard InChI is InChI=1S/C17H19N3O/c1-12-9-17(16(11-18)13(2)20-12)19-8-7-14-5-4-6-15(10-14)21-3/h4-6,9-10H,7-8H2,1-3H3,(H,19,20). The van der Waals surface area contributed by atoms with Gasteiger partial charge in [0.25, 0.3) is 0 Å². The molecule has 0 bridgehead atoms. The lowest BCUT2D eigenvalue weighted by molar-refractivity contribution is 0.414. The molecular weight excluding hydrogens is 262 g/mol. The lowest BCUT2D eigenvalue weighted by Crippen LogP contribution is -2.08. The number of rotatable bonds is 5. The van der Waals surface area contributed by atoms with Crippen molar-refractivity contribution in [3.05, 3.63) is 52.8 Å². The van der Waals surface area contributed by atoms with Gasteiger partial charge in [-0.2, -0.15) is 5.26 Å². The van der Waals surface area contributed by atoms with Crippen LogP contribution in [0, 0.1) is 25.2 Å². The van der Waals surface area contributed by atoms with Gasteiger partial charge in [0.1, 0.15) is 11.8 Å². The van der Waals surface area contributed by atoms with Gasteiger partial charge in [0.05, 0.1) is 24.1 Å². The lowest BCUT2D eigenvalue weighted by atomic mass is 10.1. The molecule has 0 aliphatic carbocycles. The second-order valence-electron chi connectivity index (χ2n) is 4.91. The Hall–Kier alpha value is -2.54. The number of pyridine rings is 1. The monoisotopic (exact) mass is 281 g/mol. The van der Waals surface area contributed by atoms with Crippen molar-refractivity contribution < 1.29 is 4.74 Å². The van der Waals surface area contributed by atoms with Crippen LogP contribution in [0.5, 0.6) is 5.75 Å². The molecule has 1 aromatic heterocycles. The molecule has 0 fully saturated rings. The second-order valence-corrected chi connectivity index (χ2v) is 4.91. The molecule has 21 heavy (non-hydrogen) atoms. The summed E-state index contributed by atoms with van der Waals surface area (Å²) in [6.45, 7) is 4.55. The fraction of sp³-hybridized carbons (Fsp3) is 0.294. The van der Waals surface area contributed by atoms with Gasteiger partial charge in [-0.15, -0.1) is 0 Å². The normalized spacial score (nSPS) is 10.0. The quantitative estimate of drug-likeness (QED) is 0.914. The molecule has 2 aromatic rings. The van der Waals surface area contributed by atoms with Gasteiger partial charge in [-0.05, 0) is 44.0 Å². The molecule has 0 amide bonds. The van der Waals surface area contributed by atoms with Crippen molar-refractivity contribution in [2.75, 3.05) is 19.0 Å². The third kappa shape index (κ3) is 3.73. The van der Waals surface area contributed by atoms with Gasteiger partial charge in [-0.25, -0.2) is 0 Å². The van der Waals surface area contributed by atoms with E-state index in [-0.39, 0.29) is 0 Å². The second kappa shape index (κ2) is 6.76. The number of benzene rings is 1. The van der Waals surface area contributed by atoms with E-state index in [0.29, 0.717) is 5.56 Å². The highest BCUT2D eigenvalue weighted by molar-refractivity contribution is 5.59. The summed E-state index contributed by atoms with van der Waals surface area (Å²) in [5.74, 6) is 0.862. The minimum Gasteiger partial charge on any atom is -0.497 e. The maximum atomic E-state index is 9.23. The summed E-state index contributed by atoms with van der Waals surface area (Å²) in [5, 5.41) is 12.6. The smallest absolute Gasteiger partial charge is 0.119 e. The summed E-state index contributed by atoms with van der Waals surface area (Å²) in [7, 11) is 1.67. The zero-order valence-corrected chi connectivity index (χ0v) is 12.6. The fourth-order valence-electron chi connectivity index (χ4n) is 2.28. The lowest BCUT2D eigenvalue weighted by Gasteiger charge is -2.11. The Morgan fingerprint density at radius 1 is 1.29 bits per heavy atom. The van der Waals surface area contributed by atoms with E-state index >= 15 is 0 Å². The first-order valence-electron chi connectivity index (χ1n) is 6.89. The van der Waals surface area contributed by atoms with Crippen molar-refractivity contribution in [1.82, 2.24) is 4.98 Å². The number of hydrogen-bond acceptors (Lipinski definition) is 4. The number of nitriles is 1. The Balaban J connectivity index is 2.05. The van der Waals surface area contributed by atoms with Crippen molar-refractivity contribution in [1.29, 1.82) is 5.26 Å². The van der Waals surface area contributed by atoms with Crippen LogP contribution >= 0.6 is 0 Å². The van der Waals surface area contributed by atoms with Gasteiger partial charge in [-0.1, -0.05) is 12.1 Å². The van der Waals surface area contributed by atoms with E-state index in [9.17, 15) is 5.26 Å². The van der Waals surface area contributed by atoms with Gasteiger partial charge in [0.2, 0.25) is 0 Å². The molecule has 1 heterocycles. The molecule has 0 spiro atoms. The van der Waals surface area contributed by atoms with Crippen molar-refractivity contribution in [3.63, 3.8) is 0 Å². The van der Waals surface area contributed by atoms with E-state index in [0.717, 1.165) is 35.8 Å². The average Bonchev–Trinajstić information content (AvgIpc) is 2.47. The van der Waals surface area contributed by atoms with E-state index in [1.165, 1.54) is 5.56 Å². The van der Waals surface area contributed by atoms with E-state index in [4.69, 9.17) is 4.74 Å². The first-order valence-corrected chi connectivity index (χ1v) is 6.89. The maximum absolute atomic E-state index is 9.23. The van der Waals surface area contributed by atoms with Crippen LogP contribution in [-0.2, 0) is 6.42 Å². The van der Waals surface area contributed by atoms with Crippen LogP contribution in [0.15, 0.2) is 30.3 Å². The number of aryl methyl sites for hydroxylation is 2. The van der Waals surface area contributed by atoms with Crippen molar-refractivity contribution in [3.8, 4) is 11.8 Å². The van der Waals surface area contributed by atoms with Crippen molar-refractivity contribution in [2.45, 2.75) is 20.3 Å². The zero-order valence-electron chi connectivity index (χ0n) is 12.6. The predicted octanol–water partition coefficient (Wildman–Crippen LogP) is 3.23. The SMILES string of the molecule is COc1cccc(CCNc2cc(C)nc(C)c2C#N)c1. The molecule has 4 heteroatoms. The van der Waals surface area contributed by atoms with Gasteiger partial charge in [0.15, 0.2) is 0 Å². The highest BCUT2D eigenvalue weighted by atomic mass is 16.5. The first-order chi connectivity index (χ1) is 10.1. The third-order valence-corrected chi connectivity index (χ3v) is 3.30. The number of aromatic nitrogens is 1. The molecule has 0 atom stereocenters. The number of methoxy groups -OCH3 is 1. The number of nitrogens with zero attached hydrogens (tertiary/aromatic N) is 2. The van der Waals surface area contributed by atoms with E-state index in [1.807, 2.05) is 38.1 Å². The zero-order chi connectivity index (χ0) is 15.2. The molecule has 2 rings (SSSR count). The number of hydrogen-bond donors (Lipinski definition) is 1. The van der Waals surface area contributed by atoms with Crippen LogP contribution in [0.1, 0.15) is 22.5 Å². The van der Waals surface area contributed by atoms with Crippen LogP contribution < -0.4 is 10.1 Å². The molecule has 0 aliphatic heterocycles. The summed E-state index contributed by atoms with van der Waals surface area (Å²) in [5.41, 5.74) is 4.34. The van der Waals surface area contributed by atoms with Crippen molar-refractivity contribution in [2.24, 2.45) is 0 Å². The first kappa shape index (κ1) is 14.9. The van der Waals surface area contributed by atoms with Gasteiger partial charge >= 0.3 is 0 Å². The van der Waals surface area contributed by atoms with Crippen LogP contribution in [0.3, 0.4) is 0 Å². The molecule has 108 valence electrons. The Bertz CT molecular complexity index is 674. The van der Waals surface area contributed by atoms with E-state index < -0.39 is 0 Å². The summed E-state index contributed by atoms with van der Waals surface area (Å²) >= 11 is 0. The molecule has 1 aromatic carbocycles. The molecule has 0 aliphatic rings. The molecule has 0 unspecified atom stereocenters. The van der Waals surface area contributed by atoms with Crippen LogP contribution in [-0.4, -0.2) is 18.6 Å². The molecule has 0 radical (unpaired) electrons. The van der Waals surface area contributed by atoms with Gasteiger partial charge < -0.3 is 10.1 Å². The molecule has 0 saturated heterocycles. The molecule has 4 nitrogen and oxygen atoms in total. The summed E-state index contributed by atoms with van der Waals surface area (Å²) in [6, 6.07) is 12.1. The highest BCUT2D eigenvalue weighted by Crippen LogP contribution is 2.19. The van der Waals surface area contributed by atoms with Crippen LogP contribution in [0.4, 0.5) is 5.69 Å². The number of nitrogens with one attached hydrogen (secondary N) is 1. The Morgan fingerprint density at radius 3 is 2.81 bits per heavy atom. The van der Waals surface area contributed by atoms with Gasteiger partial charge in [-0.3, -0.25) is 4.98 Å². The Morgan fingerprint density at radius 2 is 2.10 bits per heavy atom. The molecule has 0 saturated carbocycles. The minimum atomic E-state index is 0.617. The largest absolute Gasteiger partial charge is 0.497 e. The summed E-state index contributed by atoms with van der Waals surface area (Å²) in [6.07, 6.45) is 0.864. The van der Waals surface area contributed by atoms with Crippen molar-refractivity contribution >= 4 is 5.69 Å². The molecular formula is C17H19N3O. The van der Waals surface area contributed by atoms with Gasteiger partial charge in [0, 0.05) is 12.2 Å². The topological polar surface area (TPSA) is 57.9 Å². The van der Waals surface area contributed by atoms with E-state index in [1.54, 1.807) is 7.11 Å². The van der Waals surface area contributed by atoms with Crippen LogP contribution in [0.2, 0.25) is 0 Å². The van der Waals surface area contributed by atoms with Crippen LogP contribution in [0.25, 0.3) is 0 Å². The Labute approximate surface area is 125 Å². The fourth-order valence-corrected chi connectivity index (χ4v) is 2.28. The number of ether oxygens (including phenoxy) is 1. The third-order valence-electron chi connectivity index (χ3n) is 3.30. The maximum Gasteiger partial charge on any atom is 0.119 e. The average molecular weight is 281 g/mol. The summed E-state index contributed by atoms with van der Waals surface area (Å²) in [4.78, 5) is 4.31. The minimum absolute atomic E-state index is 0.617. The van der Waals surface area contributed by atoms with E-state index in [2.05, 4.69) is 22.4 Å². The number of anilines is 1.